The first kappa shape index (κ1) is 50.2. The number of hydrogen-bond donors (Lipinski definition) is 0. The molecule has 0 unspecified atom stereocenters. The van der Waals surface area contributed by atoms with Gasteiger partial charge in [0.1, 0.15) is 0 Å². The average Bonchev–Trinajstić information content (AvgIpc) is 1.73. The van der Waals surface area contributed by atoms with E-state index in [0.717, 1.165) is 5.69 Å². The molecule has 0 radical (unpaired) electrons. The standard InChI is InChI=1S/C85H56N2/c1-3-16-57(17-4-1)58-30-32-61(33-31-58)63-42-48-69(49-43-63)85(79-26-11-7-22-73(79)74-23-8-12-27-80(74)85)70-19-15-18-66(54-70)65-40-38-60(39-41-65)59-34-36-62(37-35-59)64-44-50-72(51-45-64)87-82-29-14-10-25-76(82)78-56-68(47-53-84(78)87)67-46-52-83-77(55-67)75-24-9-13-28-81(75)86(83)71-20-5-2-6-21-71/h1-56H. The maximum absolute atomic E-state index is 2.43. The summed E-state index contributed by atoms with van der Waals surface area (Å²) in [5.74, 6) is 0. The van der Waals surface area contributed by atoms with Crippen LogP contribution in [0.5, 0.6) is 0 Å². The van der Waals surface area contributed by atoms with Gasteiger partial charge in [-0.2, -0.15) is 0 Å². The van der Waals surface area contributed by atoms with Gasteiger partial charge in [-0.05, 0) is 167 Å². The van der Waals surface area contributed by atoms with Crippen LogP contribution in [-0.4, -0.2) is 9.13 Å². The first-order valence-corrected chi connectivity index (χ1v) is 30.1. The summed E-state index contributed by atoms with van der Waals surface area (Å²) in [6.07, 6.45) is 0. The van der Waals surface area contributed by atoms with E-state index >= 15 is 0 Å². The molecule has 406 valence electrons. The molecule has 0 amide bonds. The molecule has 0 saturated carbocycles. The van der Waals surface area contributed by atoms with Gasteiger partial charge in [-0.25, -0.2) is 0 Å². The van der Waals surface area contributed by atoms with Crippen molar-refractivity contribution in [2.24, 2.45) is 0 Å². The highest BCUT2D eigenvalue weighted by Crippen LogP contribution is 2.56. The van der Waals surface area contributed by atoms with Gasteiger partial charge in [0.25, 0.3) is 0 Å². The quantitative estimate of drug-likeness (QED) is 0.129. The highest BCUT2D eigenvalue weighted by molar-refractivity contribution is 6.13. The van der Waals surface area contributed by atoms with Gasteiger partial charge in [0.05, 0.1) is 27.5 Å². The Hall–Kier alpha value is -11.3. The van der Waals surface area contributed by atoms with Crippen LogP contribution in [0.1, 0.15) is 22.3 Å². The van der Waals surface area contributed by atoms with Crippen molar-refractivity contribution < 1.29 is 0 Å². The van der Waals surface area contributed by atoms with Gasteiger partial charge >= 0.3 is 0 Å². The maximum Gasteiger partial charge on any atom is 0.0713 e. The lowest BCUT2D eigenvalue weighted by Crippen LogP contribution is -2.28. The van der Waals surface area contributed by atoms with E-state index in [9.17, 15) is 0 Å². The highest BCUT2D eigenvalue weighted by Gasteiger charge is 2.46. The summed E-state index contributed by atoms with van der Waals surface area (Å²) in [5, 5.41) is 4.99. The summed E-state index contributed by atoms with van der Waals surface area (Å²) < 4.78 is 4.79. The third kappa shape index (κ3) is 8.25. The maximum atomic E-state index is 2.43. The van der Waals surface area contributed by atoms with E-state index in [1.54, 1.807) is 0 Å². The van der Waals surface area contributed by atoms with Gasteiger partial charge in [-0.3, -0.25) is 0 Å². The Bertz CT molecular complexity index is 5220. The van der Waals surface area contributed by atoms with Gasteiger partial charge in [0.15, 0.2) is 0 Å². The molecule has 2 heterocycles. The molecule has 0 N–H and O–H groups in total. The van der Waals surface area contributed by atoms with Crippen LogP contribution in [-0.2, 0) is 5.41 Å². The van der Waals surface area contributed by atoms with E-state index in [0.29, 0.717) is 0 Å². The third-order valence-electron chi connectivity index (χ3n) is 18.5. The molecule has 0 saturated heterocycles. The Kier molecular flexibility index (Phi) is 11.8. The van der Waals surface area contributed by atoms with Gasteiger partial charge in [-0.1, -0.05) is 273 Å². The minimum Gasteiger partial charge on any atom is -0.309 e. The second-order valence-electron chi connectivity index (χ2n) is 23.1. The Morgan fingerprint density at radius 3 is 0.989 bits per heavy atom. The molecule has 14 aromatic carbocycles. The zero-order chi connectivity index (χ0) is 57.4. The third-order valence-corrected chi connectivity index (χ3v) is 18.5. The van der Waals surface area contributed by atoms with Gasteiger partial charge in [-0.15, -0.1) is 0 Å². The Morgan fingerprint density at radius 1 is 0.184 bits per heavy atom. The summed E-state index contributed by atoms with van der Waals surface area (Å²) in [5.41, 5.74) is 28.7. The zero-order valence-corrected chi connectivity index (χ0v) is 47.7. The second kappa shape index (κ2) is 20.5. The SMILES string of the molecule is c1ccc(-c2ccc(-c3ccc(C4(c5cccc(-c6ccc(-c7ccc(-c8ccc(-n9c%10ccccc%10c%10cc(-c%11ccc%12c(c%11)c%11ccccc%11n%12-c%11ccccc%11)ccc%109)cc8)cc7)cc6)c5)c5ccccc5-c5ccccc54)cc3)cc2)cc1. The van der Waals surface area contributed by atoms with Crippen molar-refractivity contribution in [1.29, 1.82) is 0 Å². The van der Waals surface area contributed by atoms with E-state index < -0.39 is 5.41 Å². The molecule has 0 fully saturated rings. The van der Waals surface area contributed by atoms with E-state index in [-0.39, 0.29) is 0 Å². The molecule has 2 heteroatoms. The average molecular weight is 1110 g/mol. The summed E-state index contributed by atoms with van der Waals surface area (Å²) in [7, 11) is 0. The second-order valence-corrected chi connectivity index (χ2v) is 23.1. The monoisotopic (exact) mass is 1100 g/mol. The molecular formula is C85H56N2. The largest absolute Gasteiger partial charge is 0.309 e. The molecule has 87 heavy (non-hydrogen) atoms. The molecule has 0 bridgehead atoms. The number of benzene rings is 14. The number of aromatic nitrogens is 2. The van der Waals surface area contributed by atoms with Crippen molar-refractivity contribution in [3.05, 3.63) is 362 Å². The fourth-order valence-corrected chi connectivity index (χ4v) is 14.3. The van der Waals surface area contributed by atoms with Crippen LogP contribution in [0, 0.1) is 0 Å². The molecule has 0 atom stereocenters. The zero-order valence-electron chi connectivity index (χ0n) is 47.7. The van der Waals surface area contributed by atoms with Gasteiger partial charge < -0.3 is 9.13 Å². The van der Waals surface area contributed by atoms with Crippen molar-refractivity contribution in [2.75, 3.05) is 0 Å². The molecule has 17 rings (SSSR count). The normalized spacial score (nSPS) is 12.5. The van der Waals surface area contributed by atoms with E-state index in [1.807, 2.05) is 0 Å². The van der Waals surface area contributed by atoms with Crippen molar-refractivity contribution in [2.45, 2.75) is 5.41 Å². The molecule has 1 aliphatic carbocycles. The predicted molar refractivity (Wildman–Crippen MR) is 365 cm³/mol. The Labute approximate surface area is 506 Å². The lowest BCUT2D eigenvalue weighted by Gasteiger charge is -2.34. The lowest BCUT2D eigenvalue weighted by molar-refractivity contribution is 0.769. The smallest absolute Gasteiger partial charge is 0.0713 e. The number of fused-ring (bicyclic) bond motifs is 9. The Morgan fingerprint density at radius 2 is 0.506 bits per heavy atom. The van der Waals surface area contributed by atoms with Crippen molar-refractivity contribution in [3.63, 3.8) is 0 Å². The number of nitrogens with zero attached hydrogens (tertiary/aromatic N) is 2. The topological polar surface area (TPSA) is 9.86 Å². The number of para-hydroxylation sites is 3. The molecule has 0 spiro atoms. The summed E-state index contributed by atoms with van der Waals surface area (Å²) in [4.78, 5) is 0. The van der Waals surface area contributed by atoms with Crippen LogP contribution in [0.25, 0.3) is 133 Å². The molecular weight excluding hydrogens is 1050 g/mol. The van der Waals surface area contributed by atoms with Crippen molar-refractivity contribution >= 4 is 43.6 Å². The summed E-state index contributed by atoms with van der Waals surface area (Å²) in [6.45, 7) is 0. The van der Waals surface area contributed by atoms with E-state index in [1.165, 1.54) is 149 Å². The van der Waals surface area contributed by atoms with Crippen molar-refractivity contribution in [1.82, 2.24) is 9.13 Å². The minimum atomic E-state index is -0.511. The molecule has 1 aliphatic rings. The van der Waals surface area contributed by atoms with E-state index in [2.05, 4.69) is 349 Å². The minimum absolute atomic E-state index is 0.511. The molecule has 0 aliphatic heterocycles. The lowest BCUT2D eigenvalue weighted by atomic mass is 9.67. The van der Waals surface area contributed by atoms with Gasteiger partial charge in [0, 0.05) is 32.9 Å². The fourth-order valence-electron chi connectivity index (χ4n) is 14.3. The van der Waals surface area contributed by atoms with Crippen LogP contribution < -0.4 is 0 Å². The Balaban J connectivity index is 0.645. The number of rotatable bonds is 10. The highest BCUT2D eigenvalue weighted by atomic mass is 15.0. The molecule has 2 aromatic heterocycles. The fraction of sp³-hybridized carbons (Fsp3) is 0.0118. The van der Waals surface area contributed by atoms with Crippen LogP contribution in [0.4, 0.5) is 0 Å². The van der Waals surface area contributed by atoms with Crippen LogP contribution in [0.3, 0.4) is 0 Å². The predicted octanol–water partition coefficient (Wildman–Crippen LogP) is 22.2. The van der Waals surface area contributed by atoms with Crippen LogP contribution in [0.2, 0.25) is 0 Å². The summed E-state index contributed by atoms with van der Waals surface area (Å²) in [6, 6.07) is 125. The van der Waals surface area contributed by atoms with E-state index in [4.69, 9.17) is 0 Å². The summed E-state index contributed by atoms with van der Waals surface area (Å²) >= 11 is 0. The first-order chi connectivity index (χ1) is 43.1. The van der Waals surface area contributed by atoms with Crippen molar-refractivity contribution in [3.8, 4) is 89.3 Å². The number of hydrogen-bond acceptors (Lipinski definition) is 0. The van der Waals surface area contributed by atoms with Crippen LogP contribution in [0.15, 0.2) is 340 Å². The molecule has 2 nitrogen and oxygen atoms in total. The van der Waals surface area contributed by atoms with Gasteiger partial charge in [0.2, 0.25) is 0 Å². The first-order valence-electron chi connectivity index (χ1n) is 30.1. The molecule has 16 aromatic rings. The van der Waals surface area contributed by atoms with Crippen LogP contribution >= 0.6 is 0 Å².